The Labute approximate surface area is 122 Å². The van der Waals surface area contributed by atoms with Crippen molar-refractivity contribution in [2.24, 2.45) is 0 Å². The summed E-state index contributed by atoms with van der Waals surface area (Å²) in [5.74, 6) is -2.27. The number of carbonyl (C=O) groups is 2. The highest BCUT2D eigenvalue weighted by atomic mass is 35.5. The van der Waals surface area contributed by atoms with Gasteiger partial charge in [-0.1, -0.05) is 11.6 Å². The van der Waals surface area contributed by atoms with Gasteiger partial charge < -0.3 is 10.4 Å². The van der Waals surface area contributed by atoms with Gasteiger partial charge in [0.1, 0.15) is 10.7 Å². The average Bonchev–Trinajstić information content (AvgIpc) is 2.73. The van der Waals surface area contributed by atoms with Gasteiger partial charge in [-0.15, -0.1) is 11.3 Å². The van der Waals surface area contributed by atoms with Crippen LogP contribution < -0.4 is 5.32 Å². The maximum atomic E-state index is 13.3. The summed E-state index contributed by atoms with van der Waals surface area (Å²) in [5, 5.41) is 11.8. The van der Waals surface area contributed by atoms with E-state index in [0.29, 0.717) is 10.6 Å². The summed E-state index contributed by atoms with van der Waals surface area (Å²) in [5.41, 5.74) is 0.662. The van der Waals surface area contributed by atoms with Crippen LogP contribution in [0.25, 0.3) is 0 Å². The Kier molecular flexibility index (Phi) is 4.06. The fourth-order valence-electron chi connectivity index (χ4n) is 1.58. The molecule has 2 rings (SSSR count). The third kappa shape index (κ3) is 2.97. The van der Waals surface area contributed by atoms with E-state index in [0.717, 1.165) is 17.4 Å². The van der Waals surface area contributed by atoms with Gasteiger partial charge in [-0.2, -0.15) is 0 Å². The van der Waals surface area contributed by atoms with Crippen LogP contribution in [0.4, 0.5) is 9.39 Å². The predicted molar refractivity (Wildman–Crippen MR) is 75.4 cm³/mol. The smallest absolute Gasteiger partial charge is 0.346 e. The fraction of sp³-hybridized carbons (Fsp3) is 0.0769. The van der Waals surface area contributed by atoms with Gasteiger partial charge in [0, 0.05) is 5.56 Å². The van der Waals surface area contributed by atoms with E-state index in [2.05, 4.69) is 5.32 Å². The van der Waals surface area contributed by atoms with Gasteiger partial charge in [0.2, 0.25) is 0 Å². The quantitative estimate of drug-likeness (QED) is 0.905. The number of aryl methyl sites for hydroxylation is 1. The van der Waals surface area contributed by atoms with Gasteiger partial charge >= 0.3 is 5.97 Å². The van der Waals surface area contributed by atoms with Crippen LogP contribution in [0, 0.1) is 12.7 Å². The second-order valence-corrected chi connectivity index (χ2v) is 5.47. The first-order valence-corrected chi connectivity index (χ1v) is 6.68. The molecule has 2 aromatic rings. The van der Waals surface area contributed by atoms with E-state index in [4.69, 9.17) is 16.7 Å². The first-order valence-electron chi connectivity index (χ1n) is 5.48. The number of amides is 1. The van der Waals surface area contributed by atoms with Crippen molar-refractivity contribution >= 4 is 39.8 Å². The lowest BCUT2D eigenvalue weighted by molar-refractivity contribution is 0.0701. The SMILES string of the molecule is Cc1cc(NC(=O)c2ccc(Cl)c(F)c2)sc1C(=O)O. The molecule has 0 saturated heterocycles. The molecule has 0 unspecified atom stereocenters. The molecule has 1 aromatic carbocycles. The molecule has 0 aliphatic rings. The standard InChI is InChI=1S/C13H9ClFNO3S/c1-6-4-10(20-11(6)13(18)19)16-12(17)7-2-3-8(14)9(15)5-7/h2-5H,1H3,(H,16,17)(H,18,19). The highest BCUT2D eigenvalue weighted by Crippen LogP contribution is 2.27. The van der Waals surface area contributed by atoms with Crippen molar-refractivity contribution in [1.82, 2.24) is 0 Å². The molecule has 0 bridgehead atoms. The molecule has 1 aromatic heterocycles. The molecule has 1 amide bonds. The average molecular weight is 314 g/mol. The van der Waals surface area contributed by atoms with Crippen LogP contribution >= 0.6 is 22.9 Å². The first-order chi connectivity index (χ1) is 9.38. The van der Waals surface area contributed by atoms with Crippen LogP contribution in [0.1, 0.15) is 25.6 Å². The van der Waals surface area contributed by atoms with Crippen molar-refractivity contribution in [1.29, 1.82) is 0 Å². The molecule has 0 saturated carbocycles. The molecule has 20 heavy (non-hydrogen) atoms. The zero-order valence-electron chi connectivity index (χ0n) is 10.2. The van der Waals surface area contributed by atoms with Crippen molar-refractivity contribution in [2.45, 2.75) is 6.92 Å². The maximum Gasteiger partial charge on any atom is 0.346 e. The van der Waals surface area contributed by atoms with Gasteiger partial charge in [0.05, 0.1) is 10.0 Å². The van der Waals surface area contributed by atoms with Crippen molar-refractivity contribution < 1.29 is 19.1 Å². The van der Waals surface area contributed by atoms with E-state index >= 15 is 0 Å². The second kappa shape index (κ2) is 5.60. The molecule has 0 aliphatic heterocycles. The van der Waals surface area contributed by atoms with Crippen molar-refractivity contribution in [3.05, 3.63) is 51.1 Å². The lowest BCUT2D eigenvalue weighted by atomic mass is 10.2. The minimum absolute atomic E-state index is 0.0679. The third-order valence-corrected chi connectivity index (χ3v) is 3.98. The van der Waals surface area contributed by atoms with Crippen LogP contribution in [0.2, 0.25) is 5.02 Å². The number of hydrogen-bond donors (Lipinski definition) is 2. The number of carboxylic acid groups (broad SMARTS) is 1. The van der Waals surface area contributed by atoms with Crippen molar-refractivity contribution in [2.75, 3.05) is 5.32 Å². The fourth-order valence-corrected chi connectivity index (χ4v) is 2.60. The number of nitrogens with one attached hydrogen (secondary N) is 1. The van der Waals surface area contributed by atoms with E-state index in [1.807, 2.05) is 0 Å². The number of halogens is 2. The molecular formula is C13H9ClFNO3S. The Hall–Kier alpha value is -1.92. The number of carboxylic acids is 1. The van der Waals surface area contributed by atoms with Gasteiger partial charge in [-0.05, 0) is 36.8 Å². The Balaban J connectivity index is 2.21. The Morgan fingerprint density at radius 2 is 2.05 bits per heavy atom. The number of benzene rings is 1. The molecule has 1 heterocycles. The summed E-state index contributed by atoms with van der Waals surface area (Å²) in [7, 11) is 0. The molecule has 104 valence electrons. The van der Waals surface area contributed by atoms with E-state index in [-0.39, 0.29) is 15.5 Å². The zero-order valence-corrected chi connectivity index (χ0v) is 11.8. The highest BCUT2D eigenvalue weighted by Gasteiger charge is 2.15. The van der Waals surface area contributed by atoms with Crippen LogP contribution in [-0.4, -0.2) is 17.0 Å². The Bertz CT molecular complexity index is 699. The summed E-state index contributed by atoms with van der Waals surface area (Å²) < 4.78 is 13.3. The van der Waals surface area contributed by atoms with Crippen LogP contribution in [0.3, 0.4) is 0 Å². The minimum atomic E-state index is -1.05. The maximum absolute atomic E-state index is 13.3. The third-order valence-electron chi connectivity index (χ3n) is 2.53. The van der Waals surface area contributed by atoms with Gasteiger partial charge in [0.25, 0.3) is 5.91 Å². The molecule has 0 aliphatic carbocycles. The summed E-state index contributed by atoms with van der Waals surface area (Å²) in [4.78, 5) is 23.0. The molecule has 7 heteroatoms. The highest BCUT2D eigenvalue weighted by molar-refractivity contribution is 7.18. The molecule has 2 N–H and O–H groups in total. The van der Waals surface area contributed by atoms with E-state index in [1.165, 1.54) is 12.1 Å². The number of rotatable bonds is 3. The zero-order chi connectivity index (χ0) is 14.9. The summed E-state index contributed by atoms with van der Waals surface area (Å²) >= 11 is 6.48. The molecule has 4 nitrogen and oxygen atoms in total. The number of hydrogen-bond acceptors (Lipinski definition) is 3. The van der Waals surface area contributed by atoms with E-state index in [9.17, 15) is 14.0 Å². The number of thiophene rings is 1. The van der Waals surface area contributed by atoms with Gasteiger partial charge in [-0.25, -0.2) is 9.18 Å². The van der Waals surface area contributed by atoms with Crippen molar-refractivity contribution in [3.63, 3.8) is 0 Å². The predicted octanol–water partition coefficient (Wildman–Crippen LogP) is 3.80. The number of carbonyl (C=O) groups excluding carboxylic acids is 1. The van der Waals surface area contributed by atoms with E-state index in [1.54, 1.807) is 13.0 Å². The molecule has 0 atom stereocenters. The molecule has 0 fully saturated rings. The van der Waals surface area contributed by atoms with Crippen LogP contribution in [-0.2, 0) is 0 Å². The van der Waals surface area contributed by atoms with Gasteiger partial charge in [-0.3, -0.25) is 4.79 Å². The molecule has 0 radical (unpaired) electrons. The topological polar surface area (TPSA) is 66.4 Å². The second-order valence-electron chi connectivity index (χ2n) is 4.01. The largest absolute Gasteiger partial charge is 0.477 e. The number of anilines is 1. The lowest BCUT2D eigenvalue weighted by Crippen LogP contribution is -2.11. The summed E-state index contributed by atoms with van der Waals surface area (Å²) in [6, 6.07) is 5.25. The van der Waals surface area contributed by atoms with Crippen LogP contribution in [0.5, 0.6) is 0 Å². The molecule has 0 spiro atoms. The first kappa shape index (κ1) is 14.5. The minimum Gasteiger partial charge on any atom is -0.477 e. The summed E-state index contributed by atoms with van der Waals surface area (Å²) in [6.07, 6.45) is 0. The Morgan fingerprint density at radius 3 is 2.60 bits per heavy atom. The van der Waals surface area contributed by atoms with E-state index < -0.39 is 17.7 Å². The number of aromatic carboxylic acids is 1. The monoisotopic (exact) mass is 313 g/mol. The normalized spacial score (nSPS) is 10.3. The summed E-state index contributed by atoms with van der Waals surface area (Å²) in [6.45, 7) is 1.64. The van der Waals surface area contributed by atoms with Crippen molar-refractivity contribution in [3.8, 4) is 0 Å². The Morgan fingerprint density at radius 1 is 1.35 bits per heavy atom. The molecular weight excluding hydrogens is 305 g/mol. The van der Waals surface area contributed by atoms with Gasteiger partial charge in [0.15, 0.2) is 0 Å². The van der Waals surface area contributed by atoms with Crippen LogP contribution in [0.15, 0.2) is 24.3 Å². The lowest BCUT2D eigenvalue weighted by Gasteiger charge is -2.03.